The zero-order chi connectivity index (χ0) is 22.5. The number of Topliss-reactive ketones (excluding diaryl/α,β-unsaturated/α-hetero) is 1. The van der Waals surface area contributed by atoms with Crippen LogP contribution >= 0.6 is 0 Å². The lowest BCUT2D eigenvalue weighted by atomic mass is 10.1. The van der Waals surface area contributed by atoms with Crippen LogP contribution in [0.5, 0.6) is 5.75 Å². The summed E-state index contributed by atoms with van der Waals surface area (Å²) < 4.78 is 11.0. The fraction of sp³-hybridized carbons (Fsp3) is 0.333. The fourth-order valence-electron chi connectivity index (χ4n) is 3.53. The van der Waals surface area contributed by atoms with Crippen molar-refractivity contribution in [2.24, 2.45) is 0 Å². The molecular formula is C24H26N4O4. The molecule has 0 atom stereocenters. The molecule has 3 aromatic rings. The van der Waals surface area contributed by atoms with E-state index in [0.717, 1.165) is 5.56 Å². The van der Waals surface area contributed by atoms with Crippen LogP contribution in [0, 0.1) is 6.92 Å². The lowest BCUT2D eigenvalue weighted by Gasteiger charge is -2.33. The number of ketones is 1. The molecule has 4 rings (SSSR count). The Balaban J connectivity index is 1.24. The van der Waals surface area contributed by atoms with Gasteiger partial charge in [0.1, 0.15) is 5.75 Å². The second-order valence-electron chi connectivity index (χ2n) is 7.91. The van der Waals surface area contributed by atoms with Crippen LogP contribution in [0.2, 0.25) is 0 Å². The third kappa shape index (κ3) is 5.39. The van der Waals surface area contributed by atoms with Crippen molar-refractivity contribution in [3.8, 4) is 17.1 Å². The molecule has 1 amide bonds. The Labute approximate surface area is 186 Å². The van der Waals surface area contributed by atoms with Crippen molar-refractivity contribution in [3.63, 3.8) is 0 Å². The third-order valence-corrected chi connectivity index (χ3v) is 5.46. The van der Waals surface area contributed by atoms with Crippen LogP contribution in [-0.2, 0) is 11.3 Å². The lowest BCUT2D eigenvalue weighted by molar-refractivity contribution is -0.135. The predicted molar refractivity (Wildman–Crippen MR) is 118 cm³/mol. The predicted octanol–water partition coefficient (Wildman–Crippen LogP) is 2.97. The van der Waals surface area contributed by atoms with E-state index in [4.69, 9.17) is 9.26 Å². The van der Waals surface area contributed by atoms with E-state index in [2.05, 4.69) is 15.0 Å². The summed E-state index contributed by atoms with van der Waals surface area (Å²) in [5, 5.41) is 4.08. The third-order valence-electron chi connectivity index (χ3n) is 5.46. The molecule has 1 fully saturated rings. The normalized spacial score (nSPS) is 14.4. The highest BCUT2D eigenvalue weighted by molar-refractivity contribution is 5.94. The number of rotatable bonds is 7. The largest absolute Gasteiger partial charge is 0.484 e. The summed E-state index contributed by atoms with van der Waals surface area (Å²) in [7, 11) is 0. The van der Waals surface area contributed by atoms with Gasteiger partial charge in [-0.3, -0.25) is 14.5 Å². The molecule has 0 bridgehead atoms. The van der Waals surface area contributed by atoms with Gasteiger partial charge in [0.05, 0.1) is 6.54 Å². The summed E-state index contributed by atoms with van der Waals surface area (Å²) in [6.07, 6.45) is 0. The summed E-state index contributed by atoms with van der Waals surface area (Å²) in [6.45, 7) is 6.68. The first kappa shape index (κ1) is 21.7. The average Bonchev–Trinajstić information content (AvgIpc) is 3.27. The molecule has 2 heterocycles. The van der Waals surface area contributed by atoms with Gasteiger partial charge in [0.15, 0.2) is 12.4 Å². The summed E-state index contributed by atoms with van der Waals surface area (Å²) in [5.74, 6) is 1.56. The Morgan fingerprint density at radius 3 is 2.53 bits per heavy atom. The Morgan fingerprint density at radius 2 is 1.81 bits per heavy atom. The Kier molecular flexibility index (Phi) is 6.61. The number of amides is 1. The molecule has 0 N–H and O–H groups in total. The average molecular weight is 434 g/mol. The van der Waals surface area contributed by atoms with Crippen LogP contribution in [0.4, 0.5) is 0 Å². The molecule has 0 spiro atoms. The molecular weight excluding hydrogens is 408 g/mol. The highest BCUT2D eigenvalue weighted by Gasteiger charge is 2.23. The second kappa shape index (κ2) is 9.74. The Morgan fingerprint density at radius 1 is 1.06 bits per heavy atom. The van der Waals surface area contributed by atoms with E-state index in [9.17, 15) is 9.59 Å². The first-order valence-corrected chi connectivity index (χ1v) is 10.6. The number of hydrogen-bond acceptors (Lipinski definition) is 7. The lowest BCUT2D eigenvalue weighted by Crippen LogP contribution is -2.49. The molecule has 0 radical (unpaired) electrons. The maximum atomic E-state index is 12.5. The Bertz CT molecular complexity index is 1090. The smallest absolute Gasteiger partial charge is 0.260 e. The van der Waals surface area contributed by atoms with Gasteiger partial charge in [0.25, 0.3) is 5.91 Å². The summed E-state index contributed by atoms with van der Waals surface area (Å²) in [4.78, 5) is 32.5. The van der Waals surface area contributed by atoms with Gasteiger partial charge >= 0.3 is 0 Å². The number of hydrogen-bond donors (Lipinski definition) is 0. The first-order valence-electron chi connectivity index (χ1n) is 10.6. The number of carbonyl (C=O) groups excluding carboxylic acids is 2. The van der Waals surface area contributed by atoms with E-state index >= 15 is 0 Å². The molecule has 166 valence electrons. The van der Waals surface area contributed by atoms with Crippen LogP contribution in [0.25, 0.3) is 11.4 Å². The van der Waals surface area contributed by atoms with Gasteiger partial charge < -0.3 is 14.2 Å². The highest BCUT2D eigenvalue weighted by atomic mass is 16.5. The molecule has 0 unspecified atom stereocenters. The molecule has 0 aliphatic carbocycles. The van der Waals surface area contributed by atoms with Crippen LogP contribution in [0.3, 0.4) is 0 Å². The molecule has 8 heteroatoms. The highest BCUT2D eigenvalue weighted by Crippen LogP contribution is 2.18. The fourth-order valence-corrected chi connectivity index (χ4v) is 3.53. The zero-order valence-electron chi connectivity index (χ0n) is 18.3. The minimum Gasteiger partial charge on any atom is -0.484 e. The molecule has 0 saturated carbocycles. The first-order chi connectivity index (χ1) is 15.5. The Hall–Kier alpha value is -3.52. The van der Waals surface area contributed by atoms with E-state index in [1.807, 2.05) is 31.2 Å². The monoisotopic (exact) mass is 434 g/mol. The zero-order valence-corrected chi connectivity index (χ0v) is 18.3. The van der Waals surface area contributed by atoms with Gasteiger partial charge in [0.2, 0.25) is 11.7 Å². The van der Waals surface area contributed by atoms with Crippen molar-refractivity contribution in [2.75, 3.05) is 32.8 Å². The number of aromatic nitrogens is 2. The number of nitrogens with zero attached hydrogens (tertiary/aromatic N) is 4. The van der Waals surface area contributed by atoms with Gasteiger partial charge in [-0.15, -0.1) is 0 Å². The molecule has 1 aromatic heterocycles. The van der Waals surface area contributed by atoms with Gasteiger partial charge in [-0.2, -0.15) is 4.98 Å². The topological polar surface area (TPSA) is 88.8 Å². The van der Waals surface area contributed by atoms with Crippen LogP contribution in [0.1, 0.15) is 28.7 Å². The van der Waals surface area contributed by atoms with Crippen molar-refractivity contribution < 1.29 is 18.8 Å². The molecule has 8 nitrogen and oxygen atoms in total. The van der Waals surface area contributed by atoms with E-state index < -0.39 is 0 Å². The minimum atomic E-state index is -0.0719. The number of ether oxygens (including phenoxy) is 1. The summed E-state index contributed by atoms with van der Waals surface area (Å²) >= 11 is 0. The van der Waals surface area contributed by atoms with Gasteiger partial charge in [-0.25, -0.2) is 0 Å². The molecule has 32 heavy (non-hydrogen) atoms. The van der Waals surface area contributed by atoms with Crippen molar-refractivity contribution in [1.82, 2.24) is 19.9 Å². The maximum absolute atomic E-state index is 12.5. The van der Waals surface area contributed by atoms with Gasteiger partial charge in [-0.1, -0.05) is 47.1 Å². The van der Waals surface area contributed by atoms with Crippen LogP contribution in [0.15, 0.2) is 53.1 Å². The van der Waals surface area contributed by atoms with E-state index in [1.165, 1.54) is 12.5 Å². The van der Waals surface area contributed by atoms with Gasteiger partial charge in [-0.05, 0) is 26.0 Å². The standard InChI is InChI=1S/C24H26N4O4/c1-17-6-8-19(9-7-17)24-25-22(32-26-24)15-27-10-12-28(13-11-27)23(30)16-31-21-5-3-4-20(14-21)18(2)29/h3-9,14H,10-13,15-16H2,1-2H3. The molecule has 1 aliphatic heterocycles. The number of benzene rings is 2. The molecule has 1 saturated heterocycles. The quantitative estimate of drug-likeness (QED) is 0.528. The number of carbonyl (C=O) groups is 2. The van der Waals surface area contributed by atoms with E-state index in [0.29, 0.717) is 55.8 Å². The minimum absolute atomic E-state index is 0.0369. The van der Waals surface area contributed by atoms with E-state index in [-0.39, 0.29) is 18.3 Å². The van der Waals surface area contributed by atoms with Crippen LogP contribution in [-0.4, -0.2) is 64.4 Å². The van der Waals surface area contributed by atoms with Crippen molar-refractivity contribution >= 4 is 11.7 Å². The molecule has 1 aliphatic rings. The summed E-state index contributed by atoms with van der Waals surface area (Å²) in [5.41, 5.74) is 2.67. The van der Waals surface area contributed by atoms with Crippen molar-refractivity contribution in [3.05, 3.63) is 65.5 Å². The van der Waals surface area contributed by atoms with Crippen LogP contribution < -0.4 is 4.74 Å². The molecule has 2 aromatic carbocycles. The van der Waals surface area contributed by atoms with Crippen molar-refractivity contribution in [1.29, 1.82) is 0 Å². The van der Waals surface area contributed by atoms with Gasteiger partial charge in [0, 0.05) is 37.3 Å². The summed E-state index contributed by atoms with van der Waals surface area (Å²) in [6, 6.07) is 14.9. The number of aryl methyl sites for hydroxylation is 1. The number of piperazine rings is 1. The SMILES string of the molecule is CC(=O)c1cccc(OCC(=O)N2CCN(Cc3nc(-c4ccc(C)cc4)no3)CC2)c1. The van der Waals surface area contributed by atoms with Crippen molar-refractivity contribution in [2.45, 2.75) is 20.4 Å². The maximum Gasteiger partial charge on any atom is 0.260 e. The van der Waals surface area contributed by atoms with E-state index in [1.54, 1.807) is 29.2 Å². The second-order valence-corrected chi connectivity index (χ2v) is 7.91.